The van der Waals surface area contributed by atoms with Gasteiger partial charge < -0.3 is 72.9 Å². The lowest BCUT2D eigenvalue weighted by Gasteiger charge is -2.25. The smallest absolute Gasteiger partial charge is 0.222 e. The monoisotopic (exact) mass is 1770 g/mol. The number of amides is 1. The Morgan fingerprint density at radius 1 is 0.373 bits per heavy atom. The summed E-state index contributed by atoms with van der Waals surface area (Å²) in [6, 6.07) is 56.7. The lowest BCUT2D eigenvalue weighted by Crippen LogP contribution is -2.71. The summed E-state index contributed by atoms with van der Waals surface area (Å²) >= 11 is 0. The first kappa shape index (κ1) is 87.4. The molecule has 0 saturated heterocycles. The lowest BCUT2D eigenvalue weighted by atomic mass is 9.96. The molecule has 22 heteroatoms. The molecular formula is C112H100N12O10+2. The van der Waals surface area contributed by atoms with E-state index in [0.29, 0.717) is 60.2 Å². The summed E-state index contributed by atoms with van der Waals surface area (Å²) in [7, 11) is 10.3. The standard InChI is InChI=1S/C112H98N12O10/c1-67-17-25-71(26-18-67)103-79-35-39-87(113-79)107(88-40-36-80(114-88)104(72-27-19-68(2)20-28-72)84-44-48-92(118-84)109(91-47-43-83(103)117-91)97-15-11-13-53-123(97)5)75-33-51-99(133-61-59-131-57-55-127-7)77(63-75)111(125)121-95-65-96(102(130-10)66-101(95)129-9)122-112(126)78-64-76(34-52-100(78)134-62-60-132-58-56-128-8)108-89-41-37-81(115-89)105(73-29-21-69(3)22-30-73)85-45-49-93(119-85)110(98-16-12-14-54-124(98)6)94-50-46-86(120-94)106(82-38-42-90(108)116-82)74-31-23-70(4)24-32-74/h11-54,63-66H,55-62H2,1-10H3,(H4,113,114,115,116,117,118,119,120,121,122,125,126)/p+2. The summed E-state index contributed by atoms with van der Waals surface area (Å²) in [5.41, 5.74) is 31.2. The van der Waals surface area contributed by atoms with Gasteiger partial charge in [0.05, 0.1) is 156 Å². The summed E-state index contributed by atoms with van der Waals surface area (Å²) < 4.78 is 47.9. The molecule has 0 unspecified atom stereocenters. The fraction of sp³-hybridized carbons (Fsp3) is 0.161. The van der Waals surface area contributed by atoms with Crippen LogP contribution in [0.5, 0.6) is 23.0 Å². The molecule has 7 aromatic carbocycles. The number of carbonyl (C=O) groups excluding carboxylic acids is 1. The first-order valence-corrected chi connectivity index (χ1v) is 44.6. The van der Waals surface area contributed by atoms with Crippen molar-refractivity contribution in [2.45, 2.75) is 27.7 Å². The number of hydrogen-bond acceptors (Lipinski definition) is 15. The number of nitrogens with one attached hydrogen (secondary N) is 5. The van der Waals surface area contributed by atoms with Gasteiger partial charge >= 0.3 is 0 Å². The molecule has 22 nitrogen and oxygen atoms in total. The highest BCUT2D eigenvalue weighted by atomic mass is 16.5. The average molecular weight is 1770 g/mol. The summed E-state index contributed by atoms with van der Waals surface area (Å²) in [6.45, 7) is 10.3. The van der Waals surface area contributed by atoms with Crippen LogP contribution in [0.4, 0.5) is 11.4 Å². The Balaban J connectivity index is 0.746. The first-order valence-electron chi connectivity index (χ1n) is 44.6. The van der Waals surface area contributed by atoms with Crippen LogP contribution in [0.2, 0.25) is 0 Å². The van der Waals surface area contributed by atoms with Crippen LogP contribution in [-0.2, 0) is 18.9 Å². The van der Waals surface area contributed by atoms with Gasteiger partial charge in [-0.2, -0.15) is 0 Å². The quantitative estimate of drug-likeness (QED) is 0.0168. The number of nitrogens with zero attached hydrogens (tertiary/aromatic N) is 7. The van der Waals surface area contributed by atoms with Crippen molar-refractivity contribution in [1.82, 2.24) is 19.8 Å². The summed E-state index contributed by atoms with van der Waals surface area (Å²) in [6.07, 6.45) is 41.4. The average Bonchev–Trinajstić information content (AvgIpc) is 1.60. The minimum atomic E-state index is -0.700. The molecule has 6 N–H and O–H groups in total. The van der Waals surface area contributed by atoms with Crippen LogP contribution in [0, 0.1) is 27.7 Å². The topological polar surface area (TPSA) is 255 Å². The molecule has 19 rings (SSSR count). The summed E-state index contributed by atoms with van der Waals surface area (Å²) in [4.78, 5) is 61.5. The van der Waals surface area contributed by atoms with E-state index in [2.05, 4.69) is 295 Å². The highest BCUT2D eigenvalue weighted by molar-refractivity contribution is 6.38. The Labute approximate surface area is 778 Å². The van der Waals surface area contributed by atoms with Crippen LogP contribution in [0.15, 0.2) is 357 Å². The molecule has 10 aliphatic heterocycles. The van der Waals surface area contributed by atoms with Crippen molar-refractivity contribution in [1.29, 1.82) is 0 Å². The van der Waals surface area contributed by atoms with Crippen molar-refractivity contribution in [3.63, 3.8) is 0 Å². The number of aliphatic hydroxyl groups excluding tert-OH is 1. The van der Waals surface area contributed by atoms with Crippen molar-refractivity contribution < 1.29 is 62.8 Å². The zero-order valence-corrected chi connectivity index (χ0v) is 76.1. The number of fused-ring (bicyclic) bond motifs is 10. The van der Waals surface area contributed by atoms with Crippen LogP contribution in [-0.4, -0.2) is 166 Å². The number of rotatable bonds is 26. The number of allylic oxidation sites excluding steroid dienone is 24. The maximum Gasteiger partial charge on any atom is 0.222 e. The van der Waals surface area contributed by atoms with Gasteiger partial charge in [0.15, 0.2) is 0 Å². The zero-order valence-electron chi connectivity index (χ0n) is 76.1. The summed E-state index contributed by atoms with van der Waals surface area (Å²) in [5, 5.41) is 18.2. The van der Waals surface area contributed by atoms with Crippen LogP contribution in [0.3, 0.4) is 0 Å². The van der Waals surface area contributed by atoms with Gasteiger partial charge in [-0.15, -0.1) is 0 Å². The van der Waals surface area contributed by atoms with E-state index < -0.39 is 11.8 Å². The Morgan fingerprint density at radius 2 is 0.754 bits per heavy atom. The van der Waals surface area contributed by atoms with Crippen LogP contribution in [0.25, 0.3) is 49.9 Å². The van der Waals surface area contributed by atoms with Gasteiger partial charge in [-0.25, -0.2) is 34.9 Å². The largest absolute Gasteiger partial charge is 0.620 e. The van der Waals surface area contributed by atoms with E-state index in [1.165, 1.54) is 14.2 Å². The third-order valence-electron chi connectivity index (χ3n) is 24.3. The van der Waals surface area contributed by atoms with Crippen molar-refractivity contribution in [2.24, 2.45) is 20.0 Å². The minimum absolute atomic E-state index is 0.0545. The molecule has 0 aliphatic carbocycles. The molecule has 666 valence electrons. The van der Waals surface area contributed by atoms with E-state index in [-0.39, 0.29) is 71.9 Å². The molecule has 10 aliphatic rings. The third kappa shape index (κ3) is 18.0. The molecule has 1 amide bonds. The van der Waals surface area contributed by atoms with E-state index in [9.17, 15) is 5.11 Å². The number of benzene rings is 7. The Kier molecular flexibility index (Phi) is 25.2. The number of ether oxygens (including phenoxy) is 8. The van der Waals surface area contributed by atoms with Crippen molar-refractivity contribution in [3.8, 4) is 23.0 Å². The highest BCUT2D eigenvalue weighted by Crippen LogP contribution is 2.46. The maximum absolute atomic E-state index is 16.1. The fourth-order valence-corrected chi connectivity index (χ4v) is 17.6. The number of aromatic nitrogens is 2. The van der Waals surface area contributed by atoms with E-state index in [1.807, 2.05) is 48.6 Å². The molecule has 0 radical (unpaired) electrons. The molecule has 0 fully saturated rings. The number of carbonyl (C=O) groups is 1. The predicted octanol–water partition coefficient (Wildman–Crippen LogP) is 16.1. The number of aryl methyl sites for hydroxylation is 4. The van der Waals surface area contributed by atoms with Crippen molar-refractivity contribution in [3.05, 3.63) is 432 Å². The first-order chi connectivity index (χ1) is 65.5. The molecule has 0 atom stereocenters. The summed E-state index contributed by atoms with van der Waals surface area (Å²) in [5.74, 6) is -0.321. The van der Waals surface area contributed by atoms with Crippen molar-refractivity contribution in [2.75, 3.05) is 95.4 Å². The van der Waals surface area contributed by atoms with Gasteiger partial charge in [-0.3, -0.25) is 0 Å². The number of likely N-dealkylation sites (N-methyl/N-ethyl adjacent to an activating group) is 2. The van der Waals surface area contributed by atoms with Crippen LogP contribution < -0.4 is 33.9 Å². The number of H-pyrrole nitrogens is 2. The van der Waals surface area contributed by atoms with Gasteiger partial charge in [-0.1, -0.05) is 149 Å². The number of methoxy groups -OCH3 is 4. The van der Waals surface area contributed by atoms with E-state index >= 15 is 4.79 Å². The Bertz CT molecular complexity index is 7170. The molecule has 0 spiro atoms. The maximum atomic E-state index is 16.1. The molecule has 2 aromatic heterocycles. The molecule has 0 saturated carbocycles. The Hall–Kier alpha value is -16.0. The SMILES string of the molecule is COCCOCCOc1ccc(C2=C3C=CC(=[NH+]3)C(c3ccc(C)cc3)=C3C=CC(=N3)C(=C3C=CC=CN3C)c3ccc([nH]3)C(c3ccc(C)cc3)=C3C=CC2=[NH+]3)cc1C(=O)[N-]c1cc(N=C(O)c2cc(C3=C4C=CC(=N4)C(c4ccc(C)cc4)=C4C=CC(=N4)C(=C4C=CC=CN4C)c4ccc([nH]4)C(c4ccc(C)cc4)=C4C=CC3=[NH+]4)ccc2OCCOCCOC)c(OC)cc1OC. The van der Waals surface area contributed by atoms with Crippen LogP contribution in [0.1, 0.15) is 94.3 Å². The molecule has 134 heavy (non-hydrogen) atoms. The predicted molar refractivity (Wildman–Crippen MR) is 532 cm³/mol. The second-order valence-electron chi connectivity index (χ2n) is 33.3. The molecule has 16 bridgehead atoms. The lowest BCUT2D eigenvalue weighted by molar-refractivity contribution is -0.388. The number of aromatic amines is 2. The molecule has 9 aromatic rings. The zero-order chi connectivity index (χ0) is 92.0. The minimum Gasteiger partial charge on any atom is -0.620 e. The van der Waals surface area contributed by atoms with Gasteiger partial charge in [0.1, 0.15) is 47.5 Å². The fourth-order valence-electron chi connectivity index (χ4n) is 17.6. The normalized spacial score (nSPS) is 17.5. The van der Waals surface area contributed by atoms with E-state index in [0.717, 1.165) is 169 Å². The van der Waals surface area contributed by atoms with Gasteiger partial charge in [0.25, 0.3) is 0 Å². The second-order valence-corrected chi connectivity index (χ2v) is 33.3. The second kappa shape index (κ2) is 38.6. The third-order valence-corrected chi connectivity index (χ3v) is 24.3. The Morgan fingerprint density at radius 3 is 1.21 bits per heavy atom. The molecule has 12 heterocycles. The van der Waals surface area contributed by atoms with Crippen molar-refractivity contribution >= 4 is 102 Å². The van der Waals surface area contributed by atoms with E-state index in [1.54, 1.807) is 38.5 Å². The number of hydrogen-bond donors (Lipinski definition) is 6. The highest BCUT2D eigenvalue weighted by Gasteiger charge is 2.37. The number of aliphatic imine (C=N–C) groups is 4. The van der Waals surface area contributed by atoms with Crippen LogP contribution >= 0.6 is 0 Å². The van der Waals surface area contributed by atoms with Gasteiger partial charge in [0.2, 0.25) is 40.1 Å². The molecular weight excluding hydrogens is 1670 g/mol. The van der Waals surface area contributed by atoms with Gasteiger partial charge in [0, 0.05) is 106 Å². The van der Waals surface area contributed by atoms with Gasteiger partial charge in [-0.05, 0) is 176 Å². The van der Waals surface area contributed by atoms with E-state index in [4.69, 9.17) is 63.2 Å². The number of aliphatic hydroxyl groups is 1.